The summed E-state index contributed by atoms with van der Waals surface area (Å²) in [5, 5.41) is 3.68. The Balaban J connectivity index is 1.80. The average Bonchev–Trinajstić information content (AvgIpc) is 3.07. The maximum atomic E-state index is 12.8. The van der Waals surface area contributed by atoms with Crippen molar-refractivity contribution in [1.82, 2.24) is 10.2 Å². The van der Waals surface area contributed by atoms with Crippen LogP contribution in [0.25, 0.3) is 0 Å². The molecule has 0 radical (unpaired) electrons. The van der Waals surface area contributed by atoms with Gasteiger partial charge in [0, 0.05) is 6.04 Å². The van der Waals surface area contributed by atoms with Crippen molar-refractivity contribution in [2.45, 2.75) is 89.9 Å². The molecule has 2 aliphatic carbocycles. The third-order valence-electron chi connectivity index (χ3n) is 5.90. The first-order valence-electron chi connectivity index (χ1n) is 8.80. The van der Waals surface area contributed by atoms with Crippen molar-refractivity contribution < 1.29 is 4.79 Å². The van der Waals surface area contributed by atoms with Gasteiger partial charge >= 0.3 is 0 Å². The minimum atomic E-state index is 0.0785. The number of amides is 1. The second kappa shape index (κ2) is 6.05. The summed E-state index contributed by atoms with van der Waals surface area (Å²) in [5.41, 5.74) is 0. The van der Waals surface area contributed by atoms with Crippen molar-refractivity contribution in [3.8, 4) is 0 Å². The van der Waals surface area contributed by atoms with Gasteiger partial charge in [-0.2, -0.15) is 0 Å². The molecule has 114 valence electrons. The topological polar surface area (TPSA) is 32.3 Å². The van der Waals surface area contributed by atoms with E-state index < -0.39 is 0 Å². The Morgan fingerprint density at radius 1 is 1.10 bits per heavy atom. The Hall–Kier alpha value is -0.570. The molecule has 1 aliphatic heterocycles. The maximum Gasteiger partial charge on any atom is 0.241 e. The number of carbonyl (C=O) groups excluding carboxylic acids is 1. The number of hydrogen-bond donors (Lipinski definition) is 1. The van der Waals surface area contributed by atoms with Gasteiger partial charge in [-0.1, -0.05) is 39.5 Å². The molecule has 1 saturated heterocycles. The zero-order valence-corrected chi connectivity index (χ0v) is 13.1. The van der Waals surface area contributed by atoms with Gasteiger partial charge in [0.05, 0.1) is 12.2 Å². The van der Waals surface area contributed by atoms with Crippen molar-refractivity contribution >= 4 is 5.91 Å². The largest absolute Gasteiger partial charge is 0.322 e. The van der Waals surface area contributed by atoms with E-state index in [1.165, 1.54) is 51.4 Å². The summed E-state index contributed by atoms with van der Waals surface area (Å²) in [7, 11) is 0. The molecule has 0 aromatic heterocycles. The van der Waals surface area contributed by atoms with E-state index in [0.29, 0.717) is 30.0 Å². The van der Waals surface area contributed by atoms with Crippen molar-refractivity contribution in [1.29, 1.82) is 0 Å². The van der Waals surface area contributed by atoms with Crippen LogP contribution in [0, 0.1) is 11.8 Å². The van der Waals surface area contributed by atoms with Crippen LogP contribution < -0.4 is 5.32 Å². The molecule has 20 heavy (non-hydrogen) atoms. The molecular weight excluding hydrogens is 248 g/mol. The van der Waals surface area contributed by atoms with Crippen LogP contribution in [0.3, 0.4) is 0 Å². The molecule has 3 fully saturated rings. The lowest BCUT2D eigenvalue weighted by molar-refractivity contribution is -0.135. The highest BCUT2D eigenvalue weighted by Gasteiger charge is 2.46. The van der Waals surface area contributed by atoms with E-state index in [1.54, 1.807) is 0 Å². The zero-order chi connectivity index (χ0) is 14.1. The van der Waals surface area contributed by atoms with Gasteiger partial charge in [-0.15, -0.1) is 0 Å². The minimum Gasteiger partial charge on any atom is -0.322 e. The molecule has 0 aromatic carbocycles. The Bertz CT molecular complexity index is 351. The lowest BCUT2D eigenvalue weighted by atomic mass is 9.84. The predicted octanol–water partition coefficient (Wildman–Crippen LogP) is 3.29. The fraction of sp³-hybridized carbons (Fsp3) is 0.941. The highest BCUT2D eigenvalue weighted by Crippen LogP contribution is 2.37. The summed E-state index contributed by atoms with van der Waals surface area (Å²) >= 11 is 0. The van der Waals surface area contributed by atoms with Crippen LogP contribution in [0.4, 0.5) is 0 Å². The Morgan fingerprint density at radius 2 is 1.75 bits per heavy atom. The summed E-state index contributed by atoms with van der Waals surface area (Å²) in [4.78, 5) is 15.1. The molecule has 3 rings (SSSR count). The monoisotopic (exact) mass is 278 g/mol. The molecule has 0 bridgehead atoms. The van der Waals surface area contributed by atoms with E-state index in [1.807, 2.05) is 0 Å². The summed E-state index contributed by atoms with van der Waals surface area (Å²) in [5.74, 6) is 1.77. The highest BCUT2D eigenvalue weighted by atomic mass is 16.2. The van der Waals surface area contributed by atoms with Gasteiger partial charge in [0.25, 0.3) is 0 Å². The van der Waals surface area contributed by atoms with E-state index in [-0.39, 0.29) is 6.04 Å². The minimum absolute atomic E-state index is 0.0785. The van der Waals surface area contributed by atoms with Crippen LogP contribution in [0.1, 0.15) is 71.6 Å². The van der Waals surface area contributed by atoms with E-state index in [4.69, 9.17) is 0 Å². The fourth-order valence-electron chi connectivity index (χ4n) is 4.68. The Labute approximate surface area is 123 Å². The molecule has 0 spiro atoms. The summed E-state index contributed by atoms with van der Waals surface area (Å²) in [6.07, 6.45) is 11.7. The molecule has 1 heterocycles. The van der Waals surface area contributed by atoms with Crippen LogP contribution >= 0.6 is 0 Å². The normalized spacial score (nSPS) is 39.7. The highest BCUT2D eigenvalue weighted by molar-refractivity contribution is 5.84. The molecule has 1 N–H and O–H groups in total. The number of rotatable bonds is 3. The molecule has 3 aliphatic rings. The average molecular weight is 278 g/mol. The molecule has 1 amide bonds. The van der Waals surface area contributed by atoms with Gasteiger partial charge < -0.3 is 4.90 Å². The first-order valence-corrected chi connectivity index (χ1v) is 8.80. The van der Waals surface area contributed by atoms with Crippen molar-refractivity contribution in [2.24, 2.45) is 11.8 Å². The first kappa shape index (κ1) is 14.4. The summed E-state index contributed by atoms with van der Waals surface area (Å²) in [6.45, 7) is 4.48. The van der Waals surface area contributed by atoms with Gasteiger partial charge in [-0.25, -0.2) is 0 Å². The first-order chi connectivity index (χ1) is 9.72. The third-order valence-corrected chi connectivity index (χ3v) is 5.90. The van der Waals surface area contributed by atoms with Gasteiger partial charge in [-0.3, -0.25) is 10.1 Å². The van der Waals surface area contributed by atoms with Crippen LogP contribution in [0.2, 0.25) is 0 Å². The Morgan fingerprint density at radius 3 is 2.40 bits per heavy atom. The molecule has 2 saturated carbocycles. The molecule has 4 atom stereocenters. The molecule has 3 heteroatoms. The van der Waals surface area contributed by atoms with Gasteiger partial charge in [0.2, 0.25) is 5.91 Å². The molecule has 0 aromatic rings. The summed E-state index contributed by atoms with van der Waals surface area (Å²) in [6, 6.07) is 0.570. The zero-order valence-electron chi connectivity index (χ0n) is 13.1. The lowest BCUT2D eigenvalue weighted by Crippen LogP contribution is -2.51. The number of nitrogens with one attached hydrogen (secondary N) is 1. The third kappa shape index (κ3) is 2.49. The lowest BCUT2D eigenvalue weighted by Gasteiger charge is -2.41. The SMILES string of the molecule is CCC1NC(C2CCCC2)N(C2CCCCC2C)C1=O. The second-order valence-electron chi connectivity index (χ2n) is 7.19. The van der Waals surface area contributed by atoms with E-state index in [9.17, 15) is 4.79 Å². The number of nitrogens with zero attached hydrogens (tertiary/aromatic N) is 1. The van der Waals surface area contributed by atoms with E-state index >= 15 is 0 Å². The summed E-state index contributed by atoms with van der Waals surface area (Å²) < 4.78 is 0. The van der Waals surface area contributed by atoms with Crippen LogP contribution in [0.15, 0.2) is 0 Å². The van der Waals surface area contributed by atoms with Crippen molar-refractivity contribution in [3.63, 3.8) is 0 Å². The van der Waals surface area contributed by atoms with Crippen LogP contribution in [-0.2, 0) is 4.79 Å². The van der Waals surface area contributed by atoms with Crippen molar-refractivity contribution in [2.75, 3.05) is 0 Å². The van der Waals surface area contributed by atoms with Gasteiger partial charge in [-0.05, 0) is 43.9 Å². The molecule has 3 nitrogen and oxygen atoms in total. The Kier molecular flexibility index (Phi) is 4.34. The van der Waals surface area contributed by atoms with E-state index in [2.05, 4.69) is 24.1 Å². The smallest absolute Gasteiger partial charge is 0.241 e. The molecule has 4 unspecified atom stereocenters. The molecular formula is C17H30N2O. The maximum absolute atomic E-state index is 12.8. The van der Waals surface area contributed by atoms with Crippen LogP contribution in [0.5, 0.6) is 0 Å². The van der Waals surface area contributed by atoms with E-state index in [0.717, 1.165) is 6.42 Å². The van der Waals surface area contributed by atoms with Crippen molar-refractivity contribution in [3.05, 3.63) is 0 Å². The second-order valence-corrected chi connectivity index (χ2v) is 7.19. The van der Waals surface area contributed by atoms with Gasteiger partial charge in [0.1, 0.15) is 0 Å². The van der Waals surface area contributed by atoms with Crippen LogP contribution in [-0.4, -0.2) is 29.1 Å². The number of carbonyl (C=O) groups is 1. The van der Waals surface area contributed by atoms with Gasteiger partial charge in [0.15, 0.2) is 0 Å². The standard InChI is InChI=1S/C17H30N2O/c1-3-14-17(20)19(15-11-7-4-8-12(15)2)16(18-14)13-9-5-6-10-13/h12-16,18H,3-11H2,1-2H3. The quantitative estimate of drug-likeness (QED) is 0.859. The number of hydrogen-bond acceptors (Lipinski definition) is 2. The fourth-order valence-corrected chi connectivity index (χ4v) is 4.68. The predicted molar refractivity (Wildman–Crippen MR) is 81.2 cm³/mol.